The molecule has 0 atom stereocenters. The first kappa shape index (κ1) is 8.24. The van der Waals surface area contributed by atoms with Crippen LogP contribution in [-0.4, -0.2) is 4.98 Å². The fraction of sp³-hybridized carbons (Fsp3) is 0.500. The lowest BCUT2D eigenvalue weighted by Crippen LogP contribution is -2.06. The van der Waals surface area contributed by atoms with Crippen LogP contribution in [-0.2, 0) is 12.8 Å². The Labute approximate surface area is 81.3 Å². The van der Waals surface area contributed by atoms with E-state index < -0.39 is 0 Å². The minimum Gasteiger partial charge on any atom is -0.245 e. The third kappa shape index (κ3) is 1.40. The molecule has 0 radical (unpaired) electrons. The minimum atomic E-state index is 1.02. The van der Waals surface area contributed by atoms with Crippen molar-refractivity contribution >= 4 is 15.9 Å². The average Bonchev–Trinajstić information content (AvgIpc) is 2.07. The van der Waals surface area contributed by atoms with Crippen molar-refractivity contribution in [3.8, 4) is 0 Å². The molecule has 0 fully saturated rings. The number of halogens is 1. The van der Waals surface area contributed by atoms with E-state index in [0.717, 1.165) is 11.0 Å². The van der Waals surface area contributed by atoms with Gasteiger partial charge in [-0.15, -0.1) is 0 Å². The summed E-state index contributed by atoms with van der Waals surface area (Å²) in [5, 5.41) is 0. The predicted molar refractivity (Wildman–Crippen MR) is 53.3 cm³/mol. The van der Waals surface area contributed by atoms with Gasteiger partial charge in [-0.2, -0.15) is 0 Å². The van der Waals surface area contributed by atoms with Crippen LogP contribution in [0.5, 0.6) is 0 Å². The highest BCUT2D eigenvalue weighted by atomic mass is 79.9. The van der Waals surface area contributed by atoms with Crippen LogP contribution in [0.2, 0.25) is 0 Å². The molecular formula is C10H12BrN. The maximum Gasteiger partial charge on any atom is 0.109 e. The highest BCUT2D eigenvalue weighted by Gasteiger charge is 2.11. The molecule has 0 aromatic carbocycles. The Morgan fingerprint density at radius 1 is 1.33 bits per heavy atom. The number of pyridine rings is 1. The molecule has 2 heteroatoms. The first-order valence-electron chi connectivity index (χ1n) is 4.42. The molecule has 1 aliphatic rings. The van der Waals surface area contributed by atoms with Crippen LogP contribution < -0.4 is 0 Å². The maximum absolute atomic E-state index is 4.53. The maximum atomic E-state index is 4.53. The number of hydrogen-bond acceptors (Lipinski definition) is 1. The van der Waals surface area contributed by atoms with E-state index >= 15 is 0 Å². The zero-order valence-electron chi connectivity index (χ0n) is 7.23. The summed E-state index contributed by atoms with van der Waals surface area (Å²) in [5.41, 5.74) is 4.02. The molecule has 1 aliphatic carbocycles. The van der Waals surface area contributed by atoms with Crippen molar-refractivity contribution in [2.75, 3.05) is 0 Å². The van der Waals surface area contributed by atoms with Gasteiger partial charge in [0, 0.05) is 5.69 Å². The molecule has 64 valence electrons. The number of rotatable bonds is 0. The van der Waals surface area contributed by atoms with Gasteiger partial charge in [-0.25, -0.2) is 4.98 Å². The van der Waals surface area contributed by atoms with Gasteiger partial charge in [0.2, 0.25) is 0 Å². The zero-order valence-corrected chi connectivity index (χ0v) is 8.82. The van der Waals surface area contributed by atoms with Gasteiger partial charge in [-0.05, 0) is 59.7 Å². The molecule has 1 nitrogen and oxygen atoms in total. The Morgan fingerprint density at radius 3 is 2.92 bits per heavy atom. The van der Waals surface area contributed by atoms with E-state index in [2.05, 4.69) is 33.9 Å². The van der Waals surface area contributed by atoms with Crippen molar-refractivity contribution in [2.45, 2.75) is 32.6 Å². The molecule has 12 heavy (non-hydrogen) atoms. The second kappa shape index (κ2) is 3.17. The molecule has 0 unspecified atom stereocenters. The van der Waals surface area contributed by atoms with E-state index in [1.165, 1.54) is 36.1 Å². The van der Waals surface area contributed by atoms with Crippen LogP contribution in [0.25, 0.3) is 0 Å². The third-order valence-electron chi connectivity index (χ3n) is 2.43. The summed E-state index contributed by atoms with van der Waals surface area (Å²) < 4.78 is 1.02. The first-order valence-corrected chi connectivity index (χ1v) is 5.21. The SMILES string of the molecule is Cc1cc2c(nc1Br)CCCC2. The van der Waals surface area contributed by atoms with Crippen molar-refractivity contribution < 1.29 is 0 Å². The van der Waals surface area contributed by atoms with Crippen molar-refractivity contribution in [2.24, 2.45) is 0 Å². The smallest absolute Gasteiger partial charge is 0.109 e. The Bertz CT molecular complexity index is 276. The van der Waals surface area contributed by atoms with Gasteiger partial charge in [0.15, 0.2) is 0 Å². The molecule has 0 saturated carbocycles. The Balaban J connectivity index is 2.49. The molecule has 0 aliphatic heterocycles. The van der Waals surface area contributed by atoms with Gasteiger partial charge in [0.05, 0.1) is 0 Å². The Kier molecular flexibility index (Phi) is 2.18. The number of aryl methyl sites for hydroxylation is 3. The normalized spacial score (nSPS) is 15.8. The average molecular weight is 226 g/mol. The highest BCUT2D eigenvalue weighted by molar-refractivity contribution is 9.10. The summed E-state index contributed by atoms with van der Waals surface area (Å²) >= 11 is 3.46. The summed E-state index contributed by atoms with van der Waals surface area (Å²) in [7, 11) is 0. The van der Waals surface area contributed by atoms with Crippen LogP contribution in [0, 0.1) is 6.92 Å². The van der Waals surface area contributed by atoms with Crippen molar-refractivity contribution in [3.63, 3.8) is 0 Å². The lowest BCUT2D eigenvalue weighted by molar-refractivity contribution is 0.665. The highest BCUT2D eigenvalue weighted by Crippen LogP contribution is 2.23. The number of fused-ring (bicyclic) bond motifs is 1. The molecule has 0 spiro atoms. The topological polar surface area (TPSA) is 12.9 Å². The largest absolute Gasteiger partial charge is 0.245 e. The first-order chi connectivity index (χ1) is 5.77. The molecule has 1 aromatic rings. The summed E-state index contributed by atoms with van der Waals surface area (Å²) in [6.45, 7) is 2.10. The van der Waals surface area contributed by atoms with Gasteiger partial charge in [-0.3, -0.25) is 0 Å². The zero-order chi connectivity index (χ0) is 8.55. The second-order valence-electron chi connectivity index (χ2n) is 3.41. The number of hydrogen-bond donors (Lipinski definition) is 0. The molecule has 0 bridgehead atoms. The van der Waals surface area contributed by atoms with Gasteiger partial charge < -0.3 is 0 Å². The molecule has 0 amide bonds. The molecule has 2 rings (SSSR count). The summed E-state index contributed by atoms with van der Waals surface area (Å²) in [6.07, 6.45) is 5.01. The van der Waals surface area contributed by atoms with Crippen LogP contribution >= 0.6 is 15.9 Å². The van der Waals surface area contributed by atoms with Gasteiger partial charge in [0.1, 0.15) is 4.60 Å². The lowest BCUT2D eigenvalue weighted by Gasteiger charge is -2.15. The summed E-state index contributed by atoms with van der Waals surface area (Å²) in [6, 6.07) is 2.27. The number of aromatic nitrogens is 1. The van der Waals surface area contributed by atoms with E-state index in [0.29, 0.717) is 0 Å². The predicted octanol–water partition coefficient (Wildman–Crippen LogP) is 3.03. The van der Waals surface area contributed by atoms with Gasteiger partial charge in [0.25, 0.3) is 0 Å². The van der Waals surface area contributed by atoms with Crippen molar-refractivity contribution in [1.82, 2.24) is 4.98 Å². The van der Waals surface area contributed by atoms with Crippen molar-refractivity contribution in [3.05, 3.63) is 27.5 Å². The lowest BCUT2D eigenvalue weighted by atomic mass is 9.95. The van der Waals surface area contributed by atoms with Gasteiger partial charge in [-0.1, -0.05) is 6.07 Å². The second-order valence-corrected chi connectivity index (χ2v) is 4.16. The monoisotopic (exact) mass is 225 g/mol. The van der Waals surface area contributed by atoms with E-state index in [1.54, 1.807) is 0 Å². The van der Waals surface area contributed by atoms with Gasteiger partial charge >= 0.3 is 0 Å². The number of nitrogens with zero attached hydrogens (tertiary/aromatic N) is 1. The Morgan fingerprint density at radius 2 is 2.08 bits per heavy atom. The van der Waals surface area contributed by atoms with Crippen LogP contribution in [0.4, 0.5) is 0 Å². The van der Waals surface area contributed by atoms with E-state index in [9.17, 15) is 0 Å². The van der Waals surface area contributed by atoms with Crippen LogP contribution in [0.15, 0.2) is 10.7 Å². The quantitative estimate of drug-likeness (QED) is 0.619. The fourth-order valence-electron chi connectivity index (χ4n) is 1.72. The molecular weight excluding hydrogens is 214 g/mol. The fourth-order valence-corrected chi connectivity index (χ4v) is 2.05. The molecule has 0 N–H and O–H groups in total. The third-order valence-corrected chi connectivity index (χ3v) is 3.23. The van der Waals surface area contributed by atoms with E-state index in [4.69, 9.17) is 0 Å². The van der Waals surface area contributed by atoms with Crippen LogP contribution in [0.3, 0.4) is 0 Å². The molecule has 1 aromatic heterocycles. The van der Waals surface area contributed by atoms with E-state index in [1.807, 2.05) is 0 Å². The summed E-state index contributed by atoms with van der Waals surface area (Å²) in [4.78, 5) is 4.53. The minimum absolute atomic E-state index is 1.02. The standard InChI is InChI=1S/C10H12BrN/c1-7-6-8-4-2-3-5-9(8)12-10(7)11/h6H,2-5H2,1H3. The van der Waals surface area contributed by atoms with Crippen molar-refractivity contribution in [1.29, 1.82) is 0 Å². The Hall–Kier alpha value is -0.370. The van der Waals surface area contributed by atoms with Crippen LogP contribution in [0.1, 0.15) is 29.7 Å². The summed E-state index contributed by atoms with van der Waals surface area (Å²) in [5.74, 6) is 0. The van der Waals surface area contributed by atoms with E-state index in [-0.39, 0.29) is 0 Å². The molecule has 1 heterocycles. The molecule has 0 saturated heterocycles.